The van der Waals surface area contributed by atoms with Crippen LogP contribution in [0.15, 0.2) is 42.5 Å². The van der Waals surface area contributed by atoms with Gasteiger partial charge in [-0.25, -0.2) is 4.39 Å². The number of carbonyl (C=O) groups excluding carboxylic acids is 1. The van der Waals surface area contributed by atoms with Gasteiger partial charge in [0.2, 0.25) is 0 Å². The van der Waals surface area contributed by atoms with E-state index < -0.39 is 17.3 Å². The van der Waals surface area contributed by atoms with Gasteiger partial charge in [-0.3, -0.25) is 14.7 Å². The standard InChI is InChI=1S/C26H28FN3O3/c1-16-4-6-20-22(13-19(32-3)14-24(20)28-16)26(9-10-26)29-25(31)21-12-18(5-7-23(21)27)33-15-17-8-11-30(17)2/h4-7,12-14,17H,8-11,15H2,1-3H3,(H,29,31). The van der Waals surface area contributed by atoms with Crippen LogP contribution in [0.5, 0.6) is 11.5 Å². The number of hydrogen-bond donors (Lipinski definition) is 1. The maximum atomic E-state index is 14.6. The van der Waals surface area contributed by atoms with E-state index in [1.807, 2.05) is 31.2 Å². The molecule has 1 aliphatic carbocycles. The van der Waals surface area contributed by atoms with Gasteiger partial charge in [0.1, 0.15) is 23.9 Å². The smallest absolute Gasteiger partial charge is 0.255 e. The maximum Gasteiger partial charge on any atom is 0.255 e. The number of rotatable bonds is 7. The number of halogens is 1. The summed E-state index contributed by atoms with van der Waals surface area (Å²) in [6.45, 7) is 3.52. The molecule has 172 valence electrons. The number of likely N-dealkylation sites (N-methyl/N-ethyl adjacent to an activating group) is 1. The Morgan fingerprint density at radius 1 is 1.21 bits per heavy atom. The van der Waals surface area contributed by atoms with E-state index in [2.05, 4.69) is 22.2 Å². The number of ether oxygens (including phenoxy) is 2. The van der Waals surface area contributed by atoms with Crippen LogP contribution >= 0.6 is 0 Å². The number of methoxy groups -OCH3 is 1. The van der Waals surface area contributed by atoms with Crippen molar-refractivity contribution < 1.29 is 18.7 Å². The summed E-state index contributed by atoms with van der Waals surface area (Å²) < 4.78 is 25.9. The molecule has 3 aromatic rings. The molecule has 1 atom stereocenters. The van der Waals surface area contributed by atoms with Gasteiger partial charge in [-0.2, -0.15) is 0 Å². The number of benzene rings is 2. The van der Waals surface area contributed by atoms with Gasteiger partial charge >= 0.3 is 0 Å². The lowest BCUT2D eigenvalue weighted by Gasteiger charge is -2.37. The number of aryl methyl sites for hydroxylation is 1. The Bertz CT molecular complexity index is 1220. The Labute approximate surface area is 192 Å². The van der Waals surface area contributed by atoms with Crippen molar-refractivity contribution >= 4 is 16.8 Å². The maximum absolute atomic E-state index is 14.6. The van der Waals surface area contributed by atoms with Crippen LogP contribution < -0.4 is 14.8 Å². The molecule has 2 heterocycles. The fraction of sp³-hybridized carbons (Fsp3) is 0.385. The monoisotopic (exact) mass is 449 g/mol. The summed E-state index contributed by atoms with van der Waals surface area (Å²) in [6.07, 6.45) is 2.61. The van der Waals surface area contributed by atoms with Crippen molar-refractivity contribution in [3.8, 4) is 11.5 Å². The predicted octanol–water partition coefficient (Wildman–Crippen LogP) is 4.19. The number of nitrogens with zero attached hydrogens (tertiary/aromatic N) is 2. The summed E-state index contributed by atoms with van der Waals surface area (Å²) in [7, 11) is 3.66. The van der Waals surface area contributed by atoms with Gasteiger partial charge in [-0.05, 0) is 75.7 Å². The molecule has 33 heavy (non-hydrogen) atoms. The largest absolute Gasteiger partial charge is 0.497 e. The molecule has 1 amide bonds. The van der Waals surface area contributed by atoms with Crippen LogP contribution in [0.25, 0.3) is 10.9 Å². The quantitative estimate of drug-likeness (QED) is 0.586. The number of aromatic nitrogens is 1. The van der Waals surface area contributed by atoms with Crippen molar-refractivity contribution in [3.63, 3.8) is 0 Å². The minimum atomic E-state index is -0.571. The molecule has 6 nitrogen and oxygen atoms in total. The number of amides is 1. The van der Waals surface area contributed by atoms with Crippen molar-refractivity contribution in [2.45, 2.75) is 37.8 Å². The van der Waals surface area contributed by atoms with E-state index in [1.165, 1.54) is 12.1 Å². The van der Waals surface area contributed by atoms with Crippen molar-refractivity contribution in [3.05, 3.63) is 65.1 Å². The molecule has 2 aromatic carbocycles. The molecule has 5 rings (SSSR count). The molecule has 1 unspecified atom stereocenters. The van der Waals surface area contributed by atoms with Crippen LogP contribution in [0.4, 0.5) is 4.39 Å². The minimum absolute atomic E-state index is 0.0121. The Kier molecular flexibility index (Phi) is 5.44. The predicted molar refractivity (Wildman–Crippen MR) is 124 cm³/mol. The van der Waals surface area contributed by atoms with Crippen molar-refractivity contribution in [1.29, 1.82) is 0 Å². The molecular weight excluding hydrogens is 421 g/mol. The second kappa shape index (κ2) is 8.30. The topological polar surface area (TPSA) is 63.7 Å². The zero-order valence-electron chi connectivity index (χ0n) is 19.2. The van der Waals surface area contributed by atoms with Gasteiger partial charge in [0, 0.05) is 23.2 Å². The average Bonchev–Trinajstić information content (AvgIpc) is 3.58. The fourth-order valence-electron chi connectivity index (χ4n) is 4.44. The first-order valence-corrected chi connectivity index (χ1v) is 11.3. The molecule has 1 saturated carbocycles. The van der Waals surface area contributed by atoms with E-state index in [-0.39, 0.29) is 5.56 Å². The number of pyridine rings is 1. The number of likely N-dealkylation sites (tertiary alicyclic amines) is 1. The molecule has 1 N–H and O–H groups in total. The lowest BCUT2D eigenvalue weighted by molar-refractivity contribution is 0.0767. The highest BCUT2D eigenvalue weighted by atomic mass is 19.1. The van der Waals surface area contributed by atoms with Gasteiger partial charge in [-0.15, -0.1) is 0 Å². The first-order chi connectivity index (χ1) is 15.9. The summed E-state index contributed by atoms with van der Waals surface area (Å²) in [5.74, 6) is 0.160. The average molecular weight is 450 g/mol. The molecule has 1 aliphatic heterocycles. The Balaban J connectivity index is 1.41. The van der Waals surface area contributed by atoms with Crippen molar-refractivity contribution in [2.24, 2.45) is 0 Å². The van der Waals surface area contributed by atoms with Crippen LogP contribution in [0, 0.1) is 12.7 Å². The lowest BCUT2D eigenvalue weighted by Crippen LogP contribution is -2.48. The molecule has 2 aliphatic rings. The Hall–Kier alpha value is -3.19. The van der Waals surface area contributed by atoms with E-state index in [0.29, 0.717) is 24.1 Å². The minimum Gasteiger partial charge on any atom is -0.497 e. The zero-order valence-corrected chi connectivity index (χ0v) is 19.2. The van der Waals surface area contributed by atoms with E-state index in [4.69, 9.17) is 9.47 Å². The van der Waals surface area contributed by atoms with Crippen LogP contribution in [-0.2, 0) is 5.54 Å². The van der Waals surface area contributed by atoms with Gasteiger partial charge in [0.05, 0.1) is 23.7 Å². The molecule has 0 spiro atoms. The summed E-state index contributed by atoms with van der Waals surface area (Å²) in [5.41, 5.74) is 2.08. The number of hydrogen-bond acceptors (Lipinski definition) is 5. The summed E-state index contributed by atoms with van der Waals surface area (Å²) in [4.78, 5) is 20.0. The fourth-order valence-corrected chi connectivity index (χ4v) is 4.44. The molecule has 1 saturated heterocycles. The Morgan fingerprint density at radius 3 is 2.70 bits per heavy atom. The normalized spacial score (nSPS) is 19.1. The van der Waals surface area contributed by atoms with Gasteiger partial charge in [0.15, 0.2) is 0 Å². The molecule has 1 aromatic heterocycles. The Morgan fingerprint density at radius 2 is 2.03 bits per heavy atom. The molecule has 2 fully saturated rings. The van der Waals surface area contributed by atoms with Crippen LogP contribution in [0.3, 0.4) is 0 Å². The van der Waals surface area contributed by atoms with Crippen molar-refractivity contribution in [2.75, 3.05) is 27.3 Å². The van der Waals surface area contributed by atoms with Crippen LogP contribution in [0.2, 0.25) is 0 Å². The highest BCUT2D eigenvalue weighted by molar-refractivity contribution is 5.96. The number of carbonyl (C=O) groups is 1. The van der Waals surface area contributed by atoms with E-state index in [1.54, 1.807) is 13.2 Å². The molecule has 7 heteroatoms. The first-order valence-electron chi connectivity index (χ1n) is 11.3. The van der Waals surface area contributed by atoms with E-state index in [9.17, 15) is 9.18 Å². The van der Waals surface area contributed by atoms with Crippen LogP contribution in [-0.4, -0.2) is 49.1 Å². The highest BCUT2D eigenvalue weighted by Crippen LogP contribution is 2.49. The zero-order chi connectivity index (χ0) is 23.2. The summed E-state index contributed by atoms with van der Waals surface area (Å²) in [5, 5.41) is 4.05. The van der Waals surface area contributed by atoms with E-state index >= 15 is 0 Å². The van der Waals surface area contributed by atoms with Crippen molar-refractivity contribution in [1.82, 2.24) is 15.2 Å². The molecular formula is C26H28FN3O3. The molecule has 0 bridgehead atoms. The van der Waals surface area contributed by atoms with Crippen LogP contribution in [0.1, 0.15) is 40.9 Å². The van der Waals surface area contributed by atoms with Gasteiger partial charge in [0.25, 0.3) is 5.91 Å². The second-order valence-electron chi connectivity index (χ2n) is 9.11. The third kappa shape index (κ3) is 4.13. The third-order valence-electron chi connectivity index (χ3n) is 6.84. The number of fused-ring (bicyclic) bond motifs is 1. The number of nitrogens with one attached hydrogen (secondary N) is 1. The lowest BCUT2D eigenvalue weighted by atomic mass is 9.97. The van der Waals surface area contributed by atoms with Gasteiger partial charge < -0.3 is 14.8 Å². The second-order valence-corrected chi connectivity index (χ2v) is 9.11. The highest BCUT2D eigenvalue weighted by Gasteiger charge is 2.47. The van der Waals surface area contributed by atoms with Gasteiger partial charge in [-0.1, -0.05) is 6.07 Å². The summed E-state index contributed by atoms with van der Waals surface area (Å²) >= 11 is 0. The first kappa shape index (κ1) is 21.6. The van der Waals surface area contributed by atoms with E-state index in [0.717, 1.165) is 48.0 Å². The molecule has 0 radical (unpaired) electrons. The summed E-state index contributed by atoms with van der Waals surface area (Å²) in [6, 6.07) is 12.5. The SMILES string of the molecule is COc1cc(C2(NC(=O)c3cc(OCC4CCN4C)ccc3F)CC2)c2ccc(C)nc2c1. The third-order valence-corrected chi connectivity index (χ3v) is 6.84.